The van der Waals surface area contributed by atoms with Crippen LogP contribution in [0.3, 0.4) is 0 Å². The second-order valence-electron chi connectivity index (χ2n) is 4.49. The van der Waals surface area contributed by atoms with E-state index in [0.717, 1.165) is 16.3 Å². The molecule has 0 atom stereocenters. The number of anilines is 1. The largest absolute Gasteiger partial charge is 0.322 e. The molecule has 1 N–H and O–H groups in total. The zero-order chi connectivity index (χ0) is 15.4. The van der Waals surface area contributed by atoms with E-state index < -0.39 is 0 Å². The van der Waals surface area contributed by atoms with Crippen molar-refractivity contribution in [2.75, 3.05) is 11.6 Å². The van der Waals surface area contributed by atoms with Crippen molar-refractivity contribution < 1.29 is 4.79 Å². The van der Waals surface area contributed by atoms with Gasteiger partial charge in [-0.1, -0.05) is 6.07 Å². The molecule has 22 heavy (non-hydrogen) atoms. The molecule has 0 fully saturated rings. The Bertz CT molecular complexity index is 771. The molecule has 0 spiro atoms. The highest BCUT2D eigenvalue weighted by Gasteiger charge is 2.08. The van der Waals surface area contributed by atoms with Crippen molar-refractivity contribution in [2.24, 2.45) is 0 Å². The normalized spacial score (nSPS) is 10.4. The second kappa shape index (κ2) is 6.40. The highest BCUT2D eigenvalue weighted by molar-refractivity contribution is 7.98. The summed E-state index contributed by atoms with van der Waals surface area (Å²) in [5.74, 6) is -0.174. The van der Waals surface area contributed by atoms with Crippen LogP contribution in [-0.2, 0) is 0 Å². The maximum absolute atomic E-state index is 12.3. The number of tetrazole rings is 1. The SMILES string of the molecule is CSc1ccc(NC(=O)c2cccc(-n3cnnn3)c2)cc1. The number of benzene rings is 2. The first kappa shape index (κ1) is 14.3. The van der Waals surface area contributed by atoms with E-state index in [1.807, 2.05) is 36.6 Å². The Morgan fingerprint density at radius 2 is 2.00 bits per heavy atom. The molecule has 6 nitrogen and oxygen atoms in total. The Balaban J connectivity index is 1.78. The van der Waals surface area contributed by atoms with E-state index in [4.69, 9.17) is 0 Å². The Labute approximate surface area is 131 Å². The fraction of sp³-hybridized carbons (Fsp3) is 0.0667. The van der Waals surface area contributed by atoms with Crippen LogP contribution in [-0.4, -0.2) is 32.4 Å². The molecule has 0 aliphatic rings. The molecule has 7 heteroatoms. The van der Waals surface area contributed by atoms with Gasteiger partial charge >= 0.3 is 0 Å². The standard InChI is InChI=1S/C15H13N5OS/c1-22-14-7-5-12(6-8-14)17-15(21)11-3-2-4-13(9-11)20-10-16-18-19-20/h2-10H,1H3,(H,17,21). The van der Waals surface area contributed by atoms with Crippen LogP contribution in [0, 0.1) is 0 Å². The maximum Gasteiger partial charge on any atom is 0.255 e. The lowest BCUT2D eigenvalue weighted by Crippen LogP contribution is -2.12. The summed E-state index contributed by atoms with van der Waals surface area (Å²) < 4.78 is 1.50. The molecule has 0 saturated carbocycles. The number of hydrogen-bond acceptors (Lipinski definition) is 5. The number of nitrogens with one attached hydrogen (secondary N) is 1. The van der Waals surface area contributed by atoms with Crippen LogP contribution in [0.2, 0.25) is 0 Å². The summed E-state index contributed by atoms with van der Waals surface area (Å²) in [5, 5.41) is 13.9. The molecule has 0 aliphatic heterocycles. The lowest BCUT2D eigenvalue weighted by molar-refractivity contribution is 0.102. The summed E-state index contributed by atoms with van der Waals surface area (Å²) in [6.07, 6.45) is 3.50. The Morgan fingerprint density at radius 1 is 1.18 bits per heavy atom. The number of aromatic nitrogens is 4. The average Bonchev–Trinajstić information content (AvgIpc) is 3.10. The summed E-state index contributed by atoms with van der Waals surface area (Å²) in [7, 11) is 0. The average molecular weight is 311 g/mol. The van der Waals surface area contributed by atoms with Crippen molar-refractivity contribution in [3.05, 3.63) is 60.4 Å². The summed E-state index contributed by atoms with van der Waals surface area (Å²) in [6, 6.07) is 14.8. The van der Waals surface area contributed by atoms with Crippen LogP contribution in [0.5, 0.6) is 0 Å². The lowest BCUT2D eigenvalue weighted by Gasteiger charge is -2.07. The number of carbonyl (C=O) groups is 1. The van der Waals surface area contributed by atoms with Crippen LogP contribution in [0.15, 0.2) is 59.8 Å². The number of rotatable bonds is 4. The van der Waals surface area contributed by atoms with E-state index in [1.165, 1.54) is 11.0 Å². The van der Waals surface area contributed by atoms with Crippen molar-refractivity contribution in [3.8, 4) is 5.69 Å². The third kappa shape index (κ3) is 3.15. The van der Waals surface area contributed by atoms with Gasteiger partial charge in [-0.2, -0.15) is 0 Å². The molecular formula is C15H13N5OS. The zero-order valence-corrected chi connectivity index (χ0v) is 12.6. The lowest BCUT2D eigenvalue weighted by atomic mass is 10.2. The van der Waals surface area contributed by atoms with E-state index in [-0.39, 0.29) is 5.91 Å². The topological polar surface area (TPSA) is 72.7 Å². The van der Waals surface area contributed by atoms with E-state index >= 15 is 0 Å². The molecular weight excluding hydrogens is 298 g/mol. The number of amides is 1. The minimum absolute atomic E-state index is 0.174. The molecule has 2 aromatic carbocycles. The van der Waals surface area contributed by atoms with Crippen LogP contribution in [0.1, 0.15) is 10.4 Å². The van der Waals surface area contributed by atoms with Gasteiger partial charge in [-0.05, 0) is 59.1 Å². The van der Waals surface area contributed by atoms with Gasteiger partial charge in [0.05, 0.1) is 5.69 Å². The van der Waals surface area contributed by atoms with Crippen LogP contribution in [0.25, 0.3) is 5.69 Å². The van der Waals surface area contributed by atoms with Crippen molar-refractivity contribution in [3.63, 3.8) is 0 Å². The minimum atomic E-state index is -0.174. The van der Waals surface area contributed by atoms with Crippen LogP contribution < -0.4 is 5.32 Å². The van der Waals surface area contributed by atoms with Gasteiger partial charge in [-0.3, -0.25) is 4.79 Å². The van der Waals surface area contributed by atoms with Crippen LogP contribution in [0.4, 0.5) is 5.69 Å². The second-order valence-corrected chi connectivity index (χ2v) is 5.37. The van der Waals surface area contributed by atoms with E-state index in [0.29, 0.717) is 5.56 Å². The Morgan fingerprint density at radius 3 is 2.68 bits per heavy atom. The quantitative estimate of drug-likeness (QED) is 0.750. The first-order valence-corrected chi connectivity index (χ1v) is 7.77. The highest BCUT2D eigenvalue weighted by Crippen LogP contribution is 2.18. The van der Waals surface area contributed by atoms with E-state index in [1.54, 1.807) is 30.0 Å². The Kier molecular flexibility index (Phi) is 4.15. The smallest absolute Gasteiger partial charge is 0.255 e. The molecule has 1 aromatic heterocycles. The molecule has 0 saturated heterocycles. The fourth-order valence-electron chi connectivity index (χ4n) is 1.95. The predicted molar refractivity (Wildman–Crippen MR) is 85.3 cm³/mol. The zero-order valence-electron chi connectivity index (χ0n) is 11.8. The first-order valence-electron chi connectivity index (χ1n) is 6.55. The minimum Gasteiger partial charge on any atom is -0.322 e. The molecule has 0 unspecified atom stereocenters. The van der Waals surface area contributed by atoms with E-state index in [9.17, 15) is 4.79 Å². The van der Waals surface area contributed by atoms with Gasteiger partial charge in [0.15, 0.2) is 0 Å². The third-order valence-corrected chi connectivity index (χ3v) is 3.81. The fourth-order valence-corrected chi connectivity index (χ4v) is 2.36. The third-order valence-electron chi connectivity index (χ3n) is 3.07. The monoisotopic (exact) mass is 311 g/mol. The van der Waals surface area contributed by atoms with Crippen LogP contribution >= 0.6 is 11.8 Å². The molecule has 1 amide bonds. The van der Waals surface area contributed by atoms with Gasteiger partial charge in [-0.15, -0.1) is 16.9 Å². The van der Waals surface area contributed by atoms with Gasteiger partial charge in [0.2, 0.25) is 0 Å². The van der Waals surface area contributed by atoms with Gasteiger partial charge in [-0.25, -0.2) is 4.68 Å². The summed E-state index contributed by atoms with van der Waals surface area (Å²) in [6.45, 7) is 0. The van der Waals surface area contributed by atoms with Crippen molar-refractivity contribution in [1.29, 1.82) is 0 Å². The van der Waals surface area contributed by atoms with Gasteiger partial charge in [0, 0.05) is 16.1 Å². The summed E-state index contributed by atoms with van der Waals surface area (Å²) >= 11 is 1.66. The first-order chi connectivity index (χ1) is 10.8. The molecule has 0 aliphatic carbocycles. The van der Waals surface area contributed by atoms with Crippen molar-refractivity contribution in [2.45, 2.75) is 4.90 Å². The maximum atomic E-state index is 12.3. The number of carbonyl (C=O) groups excluding carboxylic acids is 1. The van der Waals surface area contributed by atoms with Gasteiger partial charge in [0.25, 0.3) is 5.91 Å². The molecule has 3 rings (SSSR count). The van der Waals surface area contributed by atoms with Crippen molar-refractivity contribution in [1.82, 2.24) is 20.2 Å². The summed E-state index contributed by atoms with van der Waals surface area (Å²) in [5.41, 5.74) is 2.04. The predicted octanol–water partition coefficient (Wildman–Crippen LogP) is 2.64. The number of thioether (sulfide) groups is 1. The summed E-state index contributed by atoms with van der Waals surface area (Å²) in [4.78, 5) is 13.5. The van der Waals surface area contributed by atoms with Gasteiger partial charge < -0.3 is 5.32 Å². The molecule has 0 bridgehead atoms. The highest BCUT2D eigenvalue weighted by atomic mass is 32.2. The van der Waals surface area contributed by atoms with Gasteiger partial charge in [0.1, 0.15) is 6.33 Å². The molecule has 110 valence electrons. The molecule has 1 heterocycles. The Hall–Kier alpha value is -2.67. The molecule has 3 aromatic rings. The number of nitrogens with zero attached hydrogens (tertiary/aromatic N) is 4. The number of hydrogen-bond donors (Lipinski definition) is 1. The van der Waals surface area contributed by atoms with Crippen molar-refractivity contribution >= 4 is 23.4 Å². The van der Waals surface area contributed by atoms with E-state index in [2.05, 4.69) is 20.8 Å². The molecule has 0 radical (unpaired) electrons.